The minimum absolute atomic E-state index is 0.0286. The number of methoxy groups -OCH3 is 1. The van der Waals surface area contributed by atoms with E-state index in [4.69, 9.17) is 4.74 Å². The summed E-state index contributed by atoms with van der Waals surface area (Å²) in [6.07, 6.45) is 1.76. The zero-order chi connectivity index (χ0) is 24.5. The summed E-state index contributed by atoms with van der Waals surface area (Å²) in [5, 5.41) is 11.3. The number of thioether (sulfide) groups is 1. The topological polar surface area (TPSA) is 83.4 Å². The van der Waals surface area contributed by atoms with Gasteiger partial charge in [-0.1, -0.05) is 28.1 Å². The first-order valence-electron chi connectivity index (χ1n) is 10.3. The van der Waals surface area contributed by atoms with Gasteiger partial charge in [0.25, 0.3) is 11.8 Å². The summed E-state index contributed by atoms with van der Waals surface area (Å²) in [6, 6.07) is 18.4. The number of rotatable bonds is 4. The Balaban J connectivity index is 1.57. The van der Waals surface area contributed by atoms with Crippen molar-refractivity contribution in [3.05, 3.63) is 93.1 Å². The second kappa shape index (κ2) is 9.47. The molecule has 7 nitrogen and oxygen atoms in total. The molecule has 0 bridgehead atoms. The number of carbonyl (C=O) groups is 2. The van der Waals surface area contributed by atoms with Crippen molar-refractivity contribution in [1.82, 2.24) is 0 Å². The van der Waals surface area contributed by atoms with Gasteiger partial charge in [0, 0.05) is 10.0 Å². The van der Waals surface area contributed by atoms with E-state index in [2.05, 4.69) is 31.4 Å². The lowest BCUT2D eigenvalue weighted by Crippen LogP contribution is -2.28. The van der Waals surface area contributed by atoms with Gasteiger partial charge < -0.3 is 10.1 Å². The van der Waals surface area contributed by atoms with E-state index in [0.717, 1.165) is 21.8 Å². The lowest BCUT2D eigenvalue weighted by atomic mass is 10.1. The molecule has 0 aliphatic carbocycles. The Morgan fingerprint density at radius 1 is 1.06 bits per heavy atom. The number of benzene rings is 3. The zero-order valence-corrected chi connectivity index (χ0v) is 20.6. The number of amidine groups is 1. The Morgan fingerprint density at radius 2 is 1.86 bits per heavy atom. The molecular weight excluding hydrogens is 535 g/mol. The minimum atomic E-state index is -0.495. The zero-order valence-electron chi connectivity index (χ0n) is 18.2. The standard InChI is InChI=1S/C25H16BrFN4O3S/c1-34-18-8-6-17(7-9-18)31-24(33)21(12-14-3-2-4-15(26)11-14)35-25(31)30-29-22-19-13-16(27)5-10-20(19)28-23(22)32/h2-13H,1H3,(H,28,29,32). The minimum Gasteiger partial charge on any atom is -0.497 e. The van der Waals surface area contributed by atoms with Crippen molar-refractivity contribution in [2.45, 2.75) is 0 Å². The van der Waals surface area contributed by atoms with Crippen LogP contribution in [0.2, 0.25) is 0 Å². The normalized spacial score (nSPS) is 18.5. The predicted octanol–water partition coefficient (Wildman–Crippen LogP) is 5.43. The molecular formula is C25H16BrFN4O3S. The van der Waals surface area contributed by atoms with Crippen LogP contribution < -0.4 is 15.0 Å². The molecule has 0 saturated carbocycles. The van der Waals surface area contributed by atoms with Crippen molar-refractivity contribution in [1.29, 1.82) is 0 Å². The lowest BCUT2D eigenvalue weighted by Gasteiger charge is -2.15. The number of hydrogen-bond acceptors (Lipinski definition) is 6. The molecule has 0 aromatic heterocycles. The van der Waals surface area contributed by atoms with Gasteiger partial charge in [0.2, 0.25) is 5.17 Å². The summed E-state index contributed by atoms with van der Waals surface area (Å²) in [6.45, 7) is 0. The fourth-order valence-corrected chi connectivity index (χ4v) is 4.91. The highest BCUT2D eigenvalue weighted by molar-refractivity contribution is 9.10. The van der Waals surface area contributed by atoms with E-state index >= 15 is 0 Å². The molecule has 0 spiro atoms. The van der Waals surface area contributed by atoms with E-state index in [0.29, 0.717) is 27.6 Å². The summed E-state index contributed by atoms with van der Waals surface area (Å²) in [5.41, 5.74) is 2.13. The Labute approximate surface area is 212 Å². The third-order valence-electron chi connectivity index (χ3n) is 5.22. The van der Waals surface area contributed by atoms with Gasteiger partial charge in [-0.25, -0.2) is 4.39 Å². The number of carbonyl (C=O) groups excluding carboxylic acids is 2. The average Bonchev–Trinajstić information content (AvgIpc) is 3.32. The van der Waals surface area contributed by atoms with Crippen molar-refractivity contribution in [3.8, 4) is 5.75 Å². The monoisotopic (exact) mass is 550 g/mol. The summed E-state index contributed by atoms with van der Waals surface area (Å²) in [4.78, 5) is 27.7. The highest BCUT2D eigenvalue weighted by Gasteiger charge is 2.35. The van der Waals surface area contributed by atoms with Crippen LogP contribution in [0.25, 0.3) is 6.08 Å². The van der Waals surface area contributed by atoms with Gasteiger partial charge in [-0.2, -0.15) is 0 Å². The molecule has 1 N–H and O–H groups in total. The third-order valence-corrected chi connectivity index (χ3v) is 6.67. The third kappa shape index (κ3) is 4.62. The van der Waals surface area contributed by atoms with Gasteiger partial charge in [0.1, 0.15) is 11.6 Å². The Morgan fingerprint density at radius 3 is 2.60 bits per heavy atom. The summed E-state index contributed by atoms with van der Waals surface area (Å²) in [7, 11) is 1.56. The van der Waals surface area contributed by atoms with Crippen LogP contribution >= 0.6 is 27.7 Å². The number of anilines is 2. The number of ether oxygens (including phenoxy) is 1. The Hall–Kier alpha value is -3.76. The number of fused-ring (bicyclic) bond motifs is 1. The van der Waals surface area contributed by atoms with E-state index in [-0.39, 0.29) is 16.8 Å². The van der Waals surface area contributed by atoms with Crippen LogP contribution in [0.1, 0.15) is 11.1 Å². The molecule has 1 saturated heterocycles. The Bertz CT molecular complexity index is 1450. The number of halogens is 2. The average molecular weight is 551 g/mol. The van der Waals surface area contributed by atoms with E-state index < -0.39 is 11.7 Å². The lowest BCUT2D eigenvalue weighted by molar-refractivity contribution is -0.113. The SMILES string of the molecule is COc1ccc(N2C(=O)C(=Cc3cccc(Br)c3)SC2=NN=C2C(=O)Nc3ccc(F)cc32)cc1. The van der Waals surface area contributed by atoms with E-state index in [1.165, 1.54) is 23.1 Å². The molecule has 35 heavy (non-hydrogen) atoms. The van der Waals surface area contributed by atoms with Crippen LogP contribution in [0.3, 0.4) is 0 Å². The van der Waals surface area contributed by atoms with Gasteiger partial charge in [0.05, 0.1) is 23.4 Å². The van der Waals surface area contributed by atoms with Crippen LogP contribution in [0.15, 0.2) is 86.3 Å². The van der Waals surface area contributed by atoms with Crippen molar-refractivity contribution < 1.29 is 18.7 Å². The number of nitrogens with one attached hydrogen (secondary N) is 1. The molecule has 10 heteroatoms. The smallest absolute Gasteiger partial charge is 0.276 e. The van der Waals surface area contributed by atoms with Gasteiger partial charge in [-0.15, -0.1) is 10.2 Å². The fraction of sp³-hybridized carbons (Fsp3) is 0.0400. The quantitative estimate of drug-likeness (QED) is 0.346. The molecule has 5 rings (SSSR count). The van der Waals surface area contributed by atoms with Crippen LogP contribution in [0, 0.1) is 5.82 Å². The first kappa shape index (κ1) is 23.0. The first-order valence-corrected chi connectivity index (χ1v) is 11.9. The van der Waals surface area contributed by atoms with E-state index in [1.54, 1.807) is 37.5 Å². The molecule has 1 fully saturated rings. The van der Waals surface area contributed by atoms with Crippen molar-refractivity contribution in [3.63, 3.8) is 0 Å². The van der Waals surface area contributed by atoms with Crippen LogP contribution in [-0.4, -0.2) is 29.8 Å². The summed E-state index contributed by atoms with van der Waals surface area (Å²) >= 11 is 4.57. The maximum Gasteiger partial charge on any atom is 0.276 e. The molecule has 2 heterocycles. The van der Waals surface area contributed by atoms with Crippen molar-refractivity contribution >= 4 is 67.8 Å². The molecule has 2 aliphatic heterocycles. The fourth-order valence-electron chi connectivity index (χ4n) is 3.57. The largest absolute Gasteiger partial charge is 0.497 e. The van der Waals surface area contributed by atoms with Gasteiger partial charge in [-0.05, 0) is 78.0 Å². The number of hydrogen-bond donors (Lipinski definition) is 1. The predicted molar refractivity (Wildman–Crippen MR) is 139 cm³/mol. The summed E-state index contributed by atoms with van der Waals surface area (Å²) in [5.74, 6) is -0.644. The van der Waals surface area contributed by atoms with Crippen LogP contribution in [-0.2, 0) is 9.59 Å². The van der Waals surface area contributed by atoms with Gasteiger partial charge in [-0.3, -0.25) is 14.5 Å². The molecule has 0 unspecified atom stereocenters. The molecule has 0 atom stereocenters. The second-order valence-corrected chi connectivity index (χ2v) is 9.40. The van der Waals surface area contributed by atoms with Crippen LogP contribution in [0.5, 0.6) is 5.75 Å². The molecule has 2 amide bonds. The summed E-state index contributed by atoms with van der Waals surface area (Å²) < 4.78 is 19.9. The molecule has 174 valence electrons. The molecule has 0 radical (unpaired) electrons. The maximum absolute atomic E-state index is 13.8. The Kier molecular flexibility index (Phi) is 6.23. The maximum atomic E-state index is 13.8. The van der Waals surface area contributed by atoms with Gasteiger partial charge in [0.15, 0.2) is 5.71 Å². The highest BCUT2D eigenvalue weighted by Crippen LogP contribution is 2.37. The van der Waals surface area contributed by atoms with Gasteiger partial charge >= 0.3 is 0 Å². The van der Waals surface area contributed by atoms with Crippen molar-refractivity contribution in [2.75, 3.05) is 17.3 Å². The van der Waals surface area contributed by atoms with E-state index in [9.17, 15) is 14.0 Å². The van der Waals surface area contributed by atoms with Crippen molar-refractivity contribution in [2.24, 2.45) is 10.2 Å². The van der Waals surface area contributed by atoms with E-state index in [1.807, 2.05) is 24.3 Å². The molecule has 3 aromatic rings. The first-order chi connectivity index (χ1) is 16.9. The second-order valence-electron chi connectivity index (χ2n) is 7.48. The molecule has 3 aromatic carbocycles. The molecule has 2 aliphatic rings. The van der Waals surface area contributed by atoms with Crippen LogP contribution in [0.4, 0.5) is 15.8 Å². The highest BCUT2D eigenvalue weighted by atomic mass is 79.9. The number of amides is 2. The number of nitrogens with zero attached hydrogens (tertiary/aromatic N) is 3.